The second kappa shape index (κ2) is 30.2. The number of hydrogen-bond acceptors (Lipinski definition) is 14. The minimum absolute atomic E-state index is 0. The van der Waals surface area contributed by atoms with E-state index in [-0.39, 0.29) is 83.5 Å². The van der Waals surface area contributed by atoms with E-state index in [4.69, 9.17) is 23.9 Å². The summed E-state index contributed by atoms with van der Waals surface area (Å²) in [5.41, 5.74) is 4.30. The van der Waals surface area contributed by atoms with Gasteiger partial charge in [-0.25, -0.2) is 19.6 Å². The number of rotatable bonds is 14. The van der Waals surface area contributed by atoms with Gasteiger partial charge in [0, 0.05) is 66.0 Å². The maximum Gasteiger partial charge on any atom is 0.495 e. The molecule has 478 valence electrons. The van der Waals surface area contributed by atoms with Crippen molar-refractivity contribution in [3.05, 3.63) is 75.4 Å². The number of anilines is 6. The van der Waals surface area contributed by atoms with Crippen LogP contribution in [0.1, 0.15) is 78.4 Å². The van der Waals surface area contributed by atoms with E-state index < -0.39 is 67.4 Å². The first kappa shape index (κ1) is 70.4. The van der Waals surface area contributed by atoms with Crippen LogP contribution in [0.15, 0.2) is 60.7 Å². The van der Waals surface area contributed by atoms with Crippen molar-refractivity contribution in [2.24, 2.45) is 11.8 Å². The molecule has 0 spiro atoms. The quantitative estimate of drug-likeness (QED) is 0.0393. The molecule has 4 atom stereocenters. The molecule has 5 fully saturated rings. The van der Waals surface area contributed by atoms with Gasteiger partial charge in [-0.15, -0.1) is 0 Å². The molecule has 5 saturated heterocycles. The van der Waals surface area contributed by atoms with Gasteiger partial charge in [0.1, 0.15) is 36.5 Å². The molecule has 87 heavy (non-hydrogen) atoms. The highest BCUT2D eigenvalue weighted by Gasteiger charge is 2.52. The monoisotopic (exact) mass is 1360 g/mol. The predicted molar refractivity (Wildman–Crippen MR) is 334 cm³/mol. The van der Waals surface area contributed by atoms with Crippen molar-refractivity contribution in [1.82, 2.24) is 19.8 Å². The van der Waals surface area contributed by atoms with Crippen LogP contribution < -0.4 is 36.5 Å². The molecule has 2 aromatic heterocycles. The van der Waals surface area contributed by atoms with Crippen molar-refractivity contribution in [2.45, 2.75) is 117 Å². The SMILES string of the molecule is C[C@H](CO)Nc1cc(I)cc(N2CCOCC2=O)n1.Cc1ccc(NC(=O)N2CC[C@@H](CC(F)(F)F)C2)cc1-c1cc(N[C@H](C)CO)nc(N2CCOCC2=O)c1.Cc1ccc(NC(=O)N2CC[C@@H](CC(F)(F)F)C2)cc1B1OC(C)(C)C(C)(C)O1.S. The van der Waals surface area contributed by atoms with E-state index in [1.165, 1.54) is 9.80 Å². The van der Waals surface area contributed by atoms with Gasteiger partial charge in [-0.1, -0.05) is 17.7 Å². The van der Waals surface area contributed by atoms with Crippen LogP contribution in [0.2, 0.25) is 0 Å². The number of nitrogens with one attached hydrogen (secondary N) is 4. The maximum atomic E-state index is 12.8. The number of aliphatic hydroxyl groups is 2. The molecule has 5 aliphatic heterocycles. The summed E-state index contributed by atoms with van der Waals surface area (Å²) in [4.78, 5) is 64.6. The molecule has 9 rings (SSSR count). The fraction of sp³-hybridized carbons (Fsp3) is 0.552. The fourth-order valence-electron chi connectivity index (χ4n) is 10.1. The number of benzene rings is 2. The number of carbonyl (C=O) groups excluding carboxylic acids is 4. The Labute approximate surface area is 523 Å². The zero-order valence-electron chi connectivity index (χ0n) is 50.0. The third-order valence-electron chi connectivity index (χ3n) is 15.5. The van der Waals surface area contributed by atoms with Gasteiger partial charge >= 0.3 is 31.5 Å². The second-order valence-corrected chi connectivity index (χ2v) is 24.4. The van der Waals surface area contributed by atoms with Crippen molar-refractivity contribution >= 4 is 107 Å². The Morgan fingerprint density at radius 2 is 1.13 bits per heavy atom. The smallest absolute Gasteiger partial charge is 0.399 e. The maximum absolute atomic E-state index is 12.8. The van der Waals surface area contributed by atoms with E-state index >= 15 is 0 Å². The molecule has 0 unspecified atom stereocenters. The number of aromatic nitrogens is 2. The normalized spacial score (nSPS) is 19.9. The van der Waals surface area contributed by atoms with Gasteiger partial charge in [-0.05, 0) is 173 Å². The second-order valence-electron chi connectivity index (χ2n) is 23.2. The minimum atomic E-state index is -4.25. The van der Waals surface area contributed by atoms with Crippen LogP contribution in [-0.2, 0) is 28.4 Å². The average Bonchev–Trinajstić information content (AvgIpc) is 1.76. The average molecular weight is 1360 g/mol. The highest BCUT2D eigenvalue weighted by molar-refractivity contribution is 14.1. The molecule has 5 aliphatic rings. The first-order chi connectivity index (χ1) is 40.4. The van der Waals surface area contributed by atoms with Crippen molar-refractivity contribution in [3.63, 3.8) is 0 Å². The number of amides is 6. The number of nitrogens with zero attached hydrogens (tertiary/aromatic N) is 6. The number of carbonyl (C=O) groups is 4. The number of hydrogen-bond donors (Lipinski definition) is 6. The lowest BCUT2D eigenvalue weighted by Gasteiger charge is -2.32. The Morgan fingerprint density at radius 1 is 0.678 bits per heavy atom. The van der Waals surface area contributed by atoms with Crippen molar-refractivity contribution in [3.8, 4) is 11.1 Å². The molecule has 7 heterocycles. The van der Waals surface area contributed by atoms with Crippen LogP contribution in [0.5, 0.6) is 0 Å². The number of likely N-dealkylation sites (tertiary alicyclic amines) is 2. The predicted octanol–water partition coefficient (Wildman–Crippen LogP) is 9.07. The number of aliphatic hydroxyl groups excluding tert-OH is 2. The Hall–Kier alpha value is -5.70. The first-order valence-corrected chi connectivity index (χ1v) is 29.5. The van der Waals surface area contributed by atoms with Crippen molar-refractivity contribution in [1.29, 1.82) is 0 Å². The van der Waals surface area contributed by atoms with Crippen molar-refractivity contribution in [2.75, 3.05) is 110 Å². The topological polar surface area (TPSA) is 233 Å². The van der Waals surface area contributed by atoms with Crippen molar-refractivity contribution < 1.29 is 74.5 Å². The number of morpholine rings is 2. The van der Waals surface area contributed by atoms with Crippen LogP contribution in [-0.4, -0.2) is 176 Å². The lowest BCUT2D eigenvalue weighted by Crippen LogP contribution is -2.42. The van der Waals surface area contributed by atoms with Crippen LogP contribution >= 0.6 is 36.1 Å². The van der Waals surface area contributed by atoms with Gasteiger partial charge in [0.05, 0.1) is 50.7 Å². The van der Waals surface area contributed by atoms with Crippen LogP contribution in [0, 0.1) is 29.3 Å². The van der Waals surface area contributed by atoms with E-state index in [9.17, 15) is 50.6 Å². The molecule has 0 saturated carbocycles. The number of ether oxygens (including phenoxy) is 2. The van der Waals surface area contributed by atoms with E-state index in [2.05, 4.69) is 53.8 Å². The summed E-state index contributed by atoms with van der Waals surface area (Å²) in [6.07, 6.45) is -9.53. The highest BCUT2D eigenvalue weighted by Crippen LogP contribution is 2.38. The molecule has 0 radical (unpaired) electrons. The third-order valence-corrected chi connectivity index (χ3v) is 16.1. The standard InChI is InChI=1S/C26H32F3N5O4.C20H28BF3N2O3.C12H16IN3O3.H2S/c1-16-3-4-20(31-25(37)33-6-5-18(13-33)12-26(27,28)29)11-21(16)19-9-22(30-17(2)14-35)32-23(10-19)34-7-8-38-15-24(34)36;1-13-6-7-15(10-16(13)21-28-18(2,3)19(4,5)29-21)25-17(27)26-9-8-14(12-26)11-20(22,23)24;1-8(6-17)14-10-4-9(13)5-11(15-10)16-2-3-19-7-12(16)18;/h3-4,9-11,17-18,35H,5-8,12-15H2,1-2H3,(H,30,32)(H,31,37);6-7,10,14H,8-9,11-12H2,1-5H3,(H,25,27);4-5,8,17H,2-3,6-7H2,1H3,(H,14,15);1H2/t17-,18+;14-;8-;/m101./s1. The lowest BCUT2D eigenvalue weighted by atomic mass is 9.76. The minimum Gasteiger partial charge on any atom is -0.399 e. The summed E-state index contributed by atoms with van der Waals surface area (Å²) in [7, 11) is -0.556. The van der Waals surface area contributed by atoms with E-state index in [0.29, 0.717) is 80.3 Å². The molecular weight excluding hydrogens is 1280 g/mol. The Balaban J connectivity index is 0.000000219. The molecule has 0 bridgehead atoms. The zero-order chi connectivity index (χ0) is 62.9. The highest BCUT2D eigenvalue weighted by atomic mass is 127. The lowest BCUT2D eigenvalue weighted by molar-refractivity contribution is -0.144. The summed E-state index contributed by atoms with van der Waals surface area (Å²) >= 11 is 2.18. The largest absolute Gasteiger partial charge is 0.495 e. The van der Waals surface area contributed by atoms with E-state index in [0.717, 1.165) is 31.3 Å². The van der Waals surface area contributed by atoms with Crippen LogP contribution in [0.4, 0.5) is 70.6 Å². The van der Waals surface area contributed by atoms with Gasteiger partial charge in [0.2, 0.25) is 0 Å². The molecule has 4 aromatic rings. The zero-order valence-corrected chi connectivity index (χ0v) is 53.1. The third kappa shape index (κ3) is 19.9. The molecule has 0 aliphatic carbocycles. The Kier molecular flexibility index (Phi) is 24.4. The number of aryl methyl sites for hydroxylation is 2. The molecule has 6 amide bonds. The van der Waals surface area contributed by atoms with Gasteiger partial charge in [-0.2, -0.15) is 39.8 Å². The van der Waals surface area contributed by atoms with Gasteiger partial charge in [-0.3, -0.25) is 19.4 Å². The summed E-state index contributed by atoms with van der Waals surface area (Å²) in [5, 5.41) is 30.4. The Bertz CT molecular complexity index is 3030. The van der Waals surface area contributed by atoms with E-state index in [1.807, 2.05) is 72.7 Å². The summed E-state index contributed by atoms with van der Waals surface area (Å²) in [6.45, 7) is 17.9. The van der Waals surface area contributed by atoms with E-state index in [1.54, 1.807) is 53.1 Å². The fourth-order valence-corrected chi connectivity index (χ4v) is 10.6. The van der Waals surface area contributed by atoms with Gasteiger partial charge in [0.15, 0.2) is 0 Å². The Morgan fingerprint density at radius 3 is 1.59 bits per heavy atom. The molecule has 2 aromatic carbocycles. The molecule has 29 heteroatoms. The first-order valence-electron chi connectivity index (χ1n) is 28.4. The van der Waals surface area contributed by atoms with Crippen LogP contribution in [0.3, 0.4) is 0 Å². The number of alkyl halides is 6. The number of halogens is 7. The summed E-state index contributed by atoms with van der Waals surface area (Å²) < 4.78 is 99.5. The summed E-state index contributed by atoms with van der Waals surface area (Å²) in [5.74, 6) is 0.746. The summed E-state index contributed by atoms with van der Waals surface area (Å²) in [6, 6.07) is 16.9. The molecule has 20 nitrogen and oxygen atoms in total. The molecule has 6 N–H and O–H groups in total. The van der Waals surface area contributed by atoms with Gasteiger partial charge < -0.3 is 60.1 Å². The number of urea groups is 2. The van der Waals surface area contributed by atoms with Crippen LogP contribution in [0.25, 0.3) is 11.1 Å². The number of pyridine rings is 2. The van der Waals surface area contributed by atoms with Gasteiger partial charge in [0.25, 0.3) is 11.8 Å². The molecular formula is C58H78BF6IN10O10S.